The number of carbonyl (C=O) groups excluding carboxylic acids is 1. The summed E-state index contributed by atoms with van der Waals surface area (Å²) in [7, 11) is -4.05. The lowest BCUT2D eigenvalue weighted by Gasteiger charge is -2.44. The first-order valence-electron chi connectivity index (χ1n) is 14.4. The second kappa shape index (κ2) is 11.0. The number of halogens is 1. The van der Waals surface area contributed by atoms with E-state index >= 15 is 0 Å². The maximum absolute atomic E-state index is 13.2. The van der Waals surface area contributed by atoms with Gasteiger partial charge in [0.2, 0.25) is 10.0 Å². The van der Waals surface area contributed by atoms with Crippen LogP contribution < -0.4 is 14.4 Å². The largest absolute Gasteiger partial charge is 0.490 e. The zero-order valence-electron chi connectivity index (χ0n) is 22.6. The Bertz CT molecular complexity index is 1430. The summed E-state index contributed by atoms with van der Waals surface area (Å²) in [6, 6.07) is 11.4. The highest BCUT2D eigenvalue weighted by Crippen LogP contribution is 2.46. The molecule has 0 saturated heterocycles. The molecule has 1 saturated carbocycles. The van der Waals surface area contributed by atoms with Crippen molar-refractivity contribution < 1.29 is 23.1 Å². The van der Waals surface area contributed by atoms with Gasteiger partial charge >= 0.3 is 0 Å². The van der Waals surface area contributed by atoms with Crippen LogP contribution in [0.1, 0.15) is 66.4 Å². The highest BCUT2D eigenvalue weighted by molar-refractivity contribution is 7.90. The zero-order valence-corrected chi connectivity index (χ0v) is 24.2. The number of aliphatic hydroxyl groups excluding tert-OH is 1. The number of aliphatic hydroxyl groups is 1. The molecule has 2 aliphatic heterocycles. The molecule has 4 aliphatic rings. The summed E-state index contributed by atoms with van der Waals surface area (Å²) in [4.78, 5) is 15.6. The van der Waals surface area contributed by atoms with Gasteiger partial charge in [-0.1, -0.05) is 29.8 Å². The Hall–Kier alpha value is -2.55. The fourth-order valence-electron chi connectivity index (χ4n) is 7.01. The molecule has 2 aromatic rings. The van der Waals surface area contributed by atoms with Crippen molar-refractivity contribution in [3.8, 4) is 5.75 Å². The topological polar surface area (TPSA) is 95.9 Å². The van der Waals surface area contributed by atoms with Crippen LogP contribution in [0, 0.1) is 11.8 Å². The second-order valence-corrected chi connectivity index (χ2v) is 14.3. The van der Waals surface area contributed by atoms with E-state index in [1.807, 2.05) is 12.1 Å². The first-order chi connectivity index (χ1) is 19.3. The Morgan fingerprint density at radius 3 is 2.75 bits per heavy atom. The number of ether oxygens (including phenoxy) is 1. The van der Waals surface area contributed by atoms with Gasteiger partial charge in [0.25, 0.3) is 5.91 Å². The van der Waals surface area contributed by atoms with Crippen molar-refractivity contribution in [1.29, 1.82) is 0 Å². The van der Waals surface area contributed by atoms with Gasteiger partial charge in [-0.2, -0.15) is 0 Å². The minimum atomic E-state index is -4.05. The van der Waals surface area contributed by atoms with Gasteiger partial charge in [-0.05, 0) is 105 Å². The highest BCUT2D eigenvalue weighted by atomic mass is 35.5. The molecule has 2 bridgehead atoms. The van der Waals surface area contributed by atoms with Gasteiger partial charge in [0.15, 0.2) is 0 Å². The number of benzene rings is 2. The molecule has 1 fully saturated rings. The highest BCUT2D eigenvalue weighted by Gasteiger charge is 2.43. The summed E-state index contributed by atoms with van der Waals surface area (Å²) in [6.45, 7) is 1.60. The van der Waals surface area contributed by atoms with E-state index in [0.29, 0.717) is 30.6 Å². The summed E-state index contributed by atoms with van der Waals surface area (Å²) in [5.41, 5.74) is 3.44. The van der Waals surface area contributed by atoms with Crippen LogP contribution in [-0.2, 0) is 21.9 Å². The molecule has 9 heteroatoms. The number of nitrogens with zero attached hydrogens (tertiary/aromatic N) is 1. The molecule has 214 valence electrons. The number of hydrogen-bond acceptors (Lipinski definition) is 6. The Labute approximate surface area is 241 Å². The maximum atomic E-state index is 13.2. The number of amides is 1. The molecule has 2 aromatic carbocycles. The molecule has 1 amide bonds. The van der Waals surface area contributed by atoms with Crippen molar-refractivity contribution in [2.45, 2.75) is 62.0 Å². The standard InChI is InChI=1S/C31H37ClN2O5S/c32-25-11-12-27-22(15-25)6-4-14-31(27)19-34-17-24-9-8-21(24)5-2-1-3-7-26(18-35)40(37,38)33-30(36)23-10-13-29(39-20-31)28(34)16-23/h1-2,10-13,15-16,21,24,26,35H,3-9,14,17-20H2,(H,33,36)/b2-1-/t21-,24+,26+,31+/m1/s1. The smallest absolute Gasteiger partial charge is 0.264 e. The van der Waals surface area contributed by atoms with Gasteiger partial charge in [0.05, 0.1) is 18.9 Å². The van der Waals surface area contributed by atoms with E-state index in [1.54, 1.807) is 18.2 Å². The average Bonchev–Trinajstić information content (AvgIpc) is 3.06. The normalized spacial score (nSPS) is 30.6. The summed E-state index contributed by atoms with van der Waals surface area (Å²) < 4.78 is 34.7. The molecular weight excluding hydrogens is 548 g/mol. The number of allylic oxidation sites excluding steroid dienone is 2. The first-order valence-corrected chi connectivity index (χ1v) is 16.3. The van der Waals surface area contributed by atoms with Crippen LogP contribution in [0.5, 0.6) is 5.75 Å². The number of hydrogen-bond donors (Lipinski definition) is 2. The van der Waals surface area contributed by atoms with Crippen molar-refractivity contribution in [2.75, 3.05) is 31.2 Å². The fourth-order valence-corrected chi connectivity index (χ4v) is 8.39. The molecule has 40 heavy (non-hydrogen) atoms. The van der Waals surface area contributed by atoms with Crippen molar-refractivity contribution >= 4 is 33.2 Å². The van der Waals surface area contributed by atoms with Gasteiger partial charge in [0, 0.05) is 29.1 Å². The predicted octanol–water partition coefficient (Wildman–Crippen LogP) is 5.00. The predicted molar refractivity (Wildman–Crippen MR) is 157 cm³/mol. The molecule has 0 radical (unpaired) electrons. The average molecular weight is 585 g/mol. The van der Waals surface area contributed by atoms with E-state index < -0.39 is 27.8 Å². The van der Waals surface area contributed by atoms with E-state index in [4.69, 9.17) is 16.3 Å². The van der Waals surface area contributed by atoms with Crippen LogP contribution in [0.3, 0.4) is 0 Å². The number of rotatable bonds is 1. The molecule has 2 N–H and O–H groups in total. The molecule has 2 aliphatic carbocycles. The Morgan fingerprint density at radius 2 is 1.95 bits per heavy atom. The fraction of sp³-hybridized carbons (Fsp3) is 0.516. The number of sulfonamides is 1. The minimum absolute atomic E-state index is 0.211. The molecule has 1 spiro atoms. The number of carbonyl (C=O) groups is 1. The van der Waals surface area contributed by atoms with E-state index in [0.717, 1.165) is 55.9 Å². The van der Waals surface area contributed by atoms with Gasteiger partial charge < -0.3 is 14.7 Å². The number of nitrogens with one attached hydrogen (secondary N) is 1. The summed E-state index contributed by atoms with van der Waals surface area (Å²) in [6.07, 6.45) is 11.3. The Balaban J connectivity index is 1.40. The molecule has 7 nitrogen and oxygen atoms in total. The van der Waals surface area contributed by atoms with Crippen molar-refractivity contribution in [3.05, 3.63) is 70.3 Å². The Morgan fingerprint density at radius 1 is 1.10 bits per heavy atom. The molecule has 4 atom stereocenters. The van der Waals surface area contributed by atoms with E-state index in [9.17, 15) is 18.3 Å². The van der Waals surface area contributed by atoms with Gasteiger partial charge in [-0.15, -0.1) is 0 Å². The number of fused-ring (bicyclic) bond motifs is 4. The summed E-state index contributed by atoms with van der Waals surface area (Å²) >= 11 is 6.37. The van der Waals surface area contributed by atoms with Crippen LogP contribution in [0.2, 0.25) is 5.02 Å². The third-order valence-corrected chi connectivity index (χ3v) is 11.4. The van der Waals surface area contributed by atoms with Gasteiger partial charge in [-0.3, -0.25) is 4.79 Å². The van der Waals surface area contributed by atoms with Crippen LogP contribution >= 0.6 is 11.6 Å². The van der Waals surface area contributed by atoms with Crippen molar-refractivity contribution in [1.82, 2.24) is 4.72 Å². The molecule has 0 aromatic heterocycles. The number of anilines is 1. The quantitative estimate of drug-likeness (QED) is 0.458. The van der Waals surface area contributed by atoms with Gasteiger partial charge in [-0.25, -0.2) is 13.1 Å². The lowest BCUT2D eigenvalue weighted by molar-refractivity contribution is 0.0980. The summed E-state index contributed by atoms with van der Waals surface area (Å²) in [5.74, 6) is 1.11. The van der Waals surface area contributed by atoms with Crippen LogP contribution in [0.15, 0.2) is 48.6 Å². The number of aryl methyl sites for hydroxylation is 1. The van der Waals surface area contributed by atoms with E-state index in [1.165, 1.54) is 17.5 Å². The second-order valence-electron chi connectivity index (χ2n) is 11.9. The first kappa shape index (κ1) is 27.6. The lowest BCUT2D eigenvalue weighted by atomic mass is 9.69. The van der Waals surface area contributed by atoms with Crippen molar-refractivity contribution in [3.63, 3.8) is 0 Å². The molecular formula is C31H37ClN2O5S. The van der Waals surface area contributed by atoms with Crippen LogP contribution in [0.25, 0.3) is 0 Å². The monoisotopic (exact) mass is 584 g/mol. The van der Waals surface area contributed by atoms with Crippen molar-refractivity contribution in [2.24, 2.45) is 11.8 Å². The van der Waals surface area contributed by atoms with Crippen LogP contribution in [0.4, 0.5) is 5.69 Å². The zero-order chi connectivity index (χ0) is 27.9. The molecule has 2 heterocycles. The molecule has 6 rings (SSSR count). The van der Waals surface area contributed by atoms with Crippen LogP contribution in [-0.4, -0.2) is 51.0 Å². The maximum Gasteiger partial charge on any atom is 0.264 e. The van der Waals surface area contributed by atoms with E-state index in [-0.39, 0.29) is 17.4 Å². The lowest BCUT2D eigenvalue weighted by Crippen LogP contribution is -2.48. The Kier molecular flexibility index (Phi) is 7.61. The molecule has 0 unspecified atom stereocenters. The SMILES string of the molecule is O=C1NS(=O)(=O)[C@H](CO)CC/C=C\C[C@@H]2CC[C@H]2CN2C[C@@]3(CCCc4cc(Cl)ccc43)COc3ccc1cc32. The third kappa shape index (κ3) is 5.26. The van der Waals surface area contributed by atoms with Gasteiger partial charge in [0.1, 0.15) is 11.0 Å². The third-order valence-electron chi connectivity index (χ3n) is 9.47. The minimum Gasteiger partial charge on any atom is -0.490 e. The van der Waals surface area contributed by atoms with E-state index in [2.05, 4.69) is 27.8 Å². The summed E-state index contributed by atoms with van der Waals surface area (Å²) in [5, 5.41) is 9.49.